The van der Waals surface area contributed by atoms with Crippen LogP contribution in [-0.4, -0.2) is 18.1 Å². The van der Waals surface area contributed by atoms with E-state index in [1.807, 2.05) is 0 Å². The first-order chi connectivity index (χ1) is 11.9. The monoisotopic (exact) mass is 353 g/mol. The predicted octanol–water partition coefficient (Wildman–Crippen LogP) is 4.96. The maximum atomic E-state index is 6.07. The average Bonchev–Trinajstić information content (AvgIpc) is 2.59. The molecule has 1 saturated carbocycles. The first kappa shape index (κ1) is 22.9. The summed E-state index contributed by atoms with van der Waals surface area (Å²) in [4.78, 5) is 0. The van der Waals surface area contributed by atoms with Crippen molar-refractivity contribution < 1.29 is 0 Å². The van der Waals surface area contributed by atoms with Gasteiger partial charge in [0, 0.05) is 18.1 Å². The van der Waals surface area contributed by atoms with Gasteiger partial charge in [-0.15, -0.1) is 0 Å². The van der Waals surface area contributed by atoms with E-state index in [1.165, 1.54) is 77.0 Å². The summed E-state index contributed by atoms with van der Waals surface area (Å²) in [6.07, 6.45) is 16.8. The van der Waals surface area contributed by atoms with E-state index in [4.69, 9.17) is 17.2 Å². The van der Waals surface area contributed by atoms with Crippen LogP contribution in [0.15, 0.2) is 0 Å². The van der Waals surface area contributed by atoms with Gasteiger partial charge in [0.25, 0.3) is 0 Å². The fourth-order valence-electron chi connectivity index (χ4n) is 4.38. The van der Waals surface area contributed by atoms with Gasteiger partial charge in [-0.2, -0.15) is 0 Å². The Balaban J connectivity index is 2.29. The van der Waals surface area contributed by atoms with E-state index >= 15 is 0 Å². The van der Waals surface area contributed by atoms with Crippen LogP contribution < -0.4 is 17.2 Å². The summed E-state index contributed by atoms with van der Waals surface area (Å²) >= 11 is 0. The molecule has 3 nitrogen and oxygen atoms in total. The SMILES string of the molecule is CCC(N)CCC(C)CCCC(CCC(C)N)CC1CCC(N)CC1. The molecule has 0 aromatic rings. The van der Waals surface area contributed by atoms with Crippen molar-refractivity contribution in [1.82, 2.24) is 0 Å². The minimum atomic E-state index is 0.344. The van der Waals surface area contributed by atoms with Crippen molar-refractivity contribution in [2.45, 2.75) is 122 Å². The minimum Gasteiger partial charge on any atom is -0.328 e. The van der Waals surface area contributed by atoms with Gasteiger partial charge in [0.05, 0.1) is 0 Å². The van der Waals surface area contributed by atoms with Crippen LogP contribution in [0.2, 0.25) is 0 Å². The smallest absolute Gasteiger partial charge is 0.00390 e. The zero-order valence-electron chi connectivity index (χ0n) is 17.4. The molecule has 1 aliphatic rings. The first-order valence-corrected chi connectivity index (χ1v) is 11.2. The van der Waals surface area contributed by atoms with Gasteiger partial charge in [-0.05, 0) is 88.9 Å². The van der Waals surface area contributed by atoms with Gasteiger partial charge in [0.1, 0.15) is 0 Å². The van der Waals surface area contributed by atoms with Crippen molar-refractivity contribution in [3.05, 3.63) is 0 Å². The van der Waals surface area contributed by atoms with Crippen LogP contribution in [0, 0.1) is 17.8 Å². The Bertz CT molecular complexity index is 310. The summed E-state index contributed by atoms with van der Waals surface area (Å²) in [5.74, 6) is 2.60. The summed E-state index contributed by atoms with van der Waals surface area (Å²) < 4.78 is 0. The van der Waals surface area contributed by atoms with Crippen molar-refractivity contribution in [3.8, 4) is 0 Å². The molecule has 0 bridgehead atoms. The minimum absolute atomic E-state index is 0.344. The van der Waals surface area contributed by atoms with Gasteiger partial charge >= 0.3 is 0 Å². The molecule has 25 heavy (non-hydrogen) atoms. The molecular weight excluding hydrogens is 306 g/mol. The third-order valence-corrected chi connectivity index (χ3v) is 6.45. The van der Waals surface area contributed by atoms with Crippen LogP contribution in [-0.2, 0) is 0 Å². The molecule has 0 heterocycles. The van der Waals surface area contributed by atoms with Gasteiger partial charge in [-0.3, -0.25) is 0 Å². The lowest BCUT2D eigenvalue weighted by Crippen LogP contribution is -2.27. The van der Waals surface area contributed by atoms with Crippen LogP contribution in [0.5, 0.6) is 0 Å². The molecule has 4 atom stereocenters. The Hall–Kier alpha value is -0.120. The molecule has 0 radical (unpaired) electrons. The van der Waals surface area contributed by atoms with Crippen LogP contribution >= 0.6 is 0 Å². The number of hydrogen-bond acceptors (Lipinski definition) is 3. The summed E-state index contributed by atoms with van der Waals surface area (Å²) in [5.41, 5.74) is 18.2. The molecule has 3 heteroatoms. The van der Waals surface area contributed by atoms with Crippen molar-refractivity contribution in [1.29, 1.82) is 0 Å². The Morgan fingerprint density at radius 1 is 0.840 bits per heavy atom. The third kappa shape index (κ3) is 11.2. The van der Waals surface area contributed by atoms with Crippen molar-refractivity contribution in [2.75, 3.05) is 0 Å². The van der Waals surface area contributed by atoms with Gasteiger partial charge in [0.2, 0.25) is 0 Å². The van der Waals surface area contributed by atoms with Crippen LogP contribution in [0.1, 0.15) is 104 Å². The van der Waals surface area contributed by atoms with Crippen molar-refractivity contribution >= 4 is 0 Å². The van der Waals surface area contributed by atoms with E-state index in [1.54, 1.807) is 0 Å². The second-order valence-electron chi connectivity index (χ2n) is 9.22. The van der Waals surface area contributed by atoms with Gasteiger partial charge in [0.15, 0.2) is 0 Å². The second kappa shape index (κ2) is 13.1. The lowest BCUT2D eigenvalue weighted by molar-refractivity contribution is 0.245. The van der Waals surface area contributed by atoms with E-state index in [-0.39, 0.29) is 0 Å². The summed E-state index contributed by atoms with van der Waals surface area (Å²) in [6.45, 7) is 6.74. The first-order valence-electron chi connectivity index (χ1n) is 11.2. The molecule has 150 valence electrons. The molecule has 0 spiro atoms. The van der Waals surface area contributed by atoms with Crippen LogP contribution in [0.3, 0.4) is 0 Å². The van der Waals surface area contributed by atoms with E-state index in [9.17, 15) is 0 Å². The van der Waals surface area contributed by atoms with E-state index in [0.717, 1.165) is 24.2 Å². The molecule has 0 saturated heterocycles. The fraction of sp³-hybridized carbons (Fsp3) is 1.00. The molecule has 1 aliphatic carbocycles. The second-order valence-corrected chi connectivity index (χ2v) is 9.22. The third-order valence-electron chi connectivity index (χ3n) is 6.45. The van der Waals surface area contributed by atoms with Crippen LogP contribution in [0.4, 0.5) is 0 Å². The molecule has 4 unspecified atom stereocenters. The molecule has 0 aliphatic heterocycles. The summed E-state index contributed by atoms with van der Waals surface area (Å²) in [5, 5.41) is 0. The Morgan fingerprint density at radius 2 is 1.52 bits per heavy atom. The van der Waals surface area contributed by atoms with Gasteiger partial charge < -0.3 is 17.2 Å². The zero-order valence-corrected chi connectivity index (χ0v) is 17.4. The number of hydrogen-bond donors (Lipinski definition) is 3. The topological polar surface area (TPSA) is 78.1 Å². The Labute approximate surface area is 157 Å². The standard InChI is InChI=1S/C22H47N3/c1-4-21(24)13-8-17(2)6-5-7-19(10-9-18(3)23)16-20-11-14-22(25)15-12-20/h17-22H,4-16,23-25H2,1-3H3. The number of rotatable bonds is 13. The molecule has 0 amide bonds. The average molecular weight is 354 g/mol. The largest absolute Gasteiger partial charge is 0.328 e. The molecule has 0 aromatic heterocycles. The highest BCUT2D eigenvalue weighted by atomic mass is 14.6. The Kier molecular flexibility index (Phi) is 12.0. The van der Waals surface area contributed by atoms with Gasteiger partial charge in [-0.1, -0.05) is 33.1 Å². The molecular formula is C22H47N3. The summed E-state index contributed by atoms with van der Waals surface area (Å²) in [7, 11) is 0. The van der Waals surface area contributed by atoms with Crippen molar-refractivity contribution in [2.24, 2.45) is 35.0 Å². The molecule has 1 rings (SSSR count). The zero-order chi connectivity index (χ0) is 18.7. The van der Waals surface area contributed by atoms with E-state index in [2.05, 4.69) is 20.8 Å². The highest BCUT2D eigenvalue weighted by Crippen LogP contribution is 2.33. The number of nitrogens with two attached hydrogens (primary N) is 3. The van der Waals surface area contributed by atoms with Crippen LogP contribution in [0.25, 0.3) is 0 Å². The lowest BCUT2D eigenvalue weighted by Gasteiger charge is -2.30. The quantitative estimate of drug-likeness (QED) is 0.438. The van der Waals surface area contributed by atoms with Gasteiger partial charge in [-0.25, -0.2) is 0 Å². The maximum Gasteiger partial charge on any atom is 0.00390 e. The predicted molar refractivity (Wildman–Crippen MR) is 111 cm³/mol. The fourth-order valence-corrected chi connectivity index (χ4v) is 4.38. The maximum absolute atomic E-state index is 6.07. The summed E-state index contributed by atoms with van der Waals surface area (Å²) in [6, 6.07) is 1.21. The normalized spacial score (nSPS) is 26.2. The van der Waals surface area contributed by atoms with E-state index in [0.29, 0.717) is 18.1 Å². The molecule has 1 fully saturated rings. The Morgan fingerprint density at radius 3 is 2.12 bits per heavy atom. The molecule has 0 aromatic carbocycles. The lowest BCUT2D eigenvalue weighted by atomic mass is 9.78. The highest BCUT2D eigenvalue weighted by molar-refractivity contribution is 4.77. The highest BCUT2D eigenvalue weighted by Gasteiger charge is 2.22. The van der Waals surface area contributed by atoms with E-state index < -0.39 is 0 Å². The van der Waals surface area contributed by atoms with Crippen molar-refractivity contribution in [3.63, 3.8) is 0 Å². The molecule has 6 N–H and O–H groups in total.